The van der Waals surface area contributed by atoms with Crippen LogP contribution in [0, 0.1) is 11.3 Å². The van der Waals surface area contributed by atoms with E-state index in [-0.39, 0.29) is 16.5 Å². The van der Waals surface area contributed by atoms with Gasteiger partial charge >= 0.3 is 0 Å². The Kier molecular flexibility index (Phi) is 1.74. The maximum atomic E-state index is 8.87. The van der Waals surface area contributed by atoms with E-state index < -0.39 is 0 Å². The Balaban J connectivity index is 3.34. The van der Waals surface area contributed by atoms with Gasteiger partial charge in [0.1, 0.15) is 11.6 Å². The fourth-order valence-electron chi connectivity index (χ4n) is 0.531. The van der Waals surface area contributed by atoms with Crippen LogP contribution in [-0.2, 0) is 0 Å². The van der Waals surface area contributed by atoms with E-state index in [1.165, 1.54) is 12.3 Å². The van der Waals surface area contributed by atoms with E-state index in [0.29, 0.717) is 0 Å². The third-order valence-corrected chi connectivity index (χ3v) is 1.31. The Bertz CT molecular complexity index is 272. The van der Waals surface area contributed by atoms with Crippen LogP contribution < -0.4 is 0 Å². The largest absolute Gasteiger partial charge is 0.492 e. The number of nitrogens with zero attached hydrogens (tertiary/aromatic N) is 2. The van der Waals surface area contributed by atoms with Crippen LogP contribution in [0.2, 0.25) is 5.02 Å². The molecule has 10 heavy (non-hydrogen) atoms. The van der Waals surface area contributed by atoms with Crippen LogP contribution in [0.25, 0.3) is 0 Å². The highest BCUT2D eigenvalue weighted by Gasteiger charge is 2.04. The molecular formula is C6H3ClN2O. The zero-order valence-electron chi connectivity index (χ0n) is 4.87. The van der Waals surface area contributed by atoms with Crippen molar-refractivity contribution >= 4 is 11.6 Å². The van der Waals surface area contributed by atoms with Gasteiger partial charge in [0.15, 0.2) is 0 Å². The smallest absolute Gasteiger partial charge is 0.230 e. The van der Waals surface area contributed by atoms with Gasteiger partial charge in [-0.05, 0) is 6.07 Å². The molecule has 0 aliphatic carbocycles. The maximum Gasteiger partial charge on any atom is 0.230 e. The predicted molar refractivity (Wildman–Crippen MR) is 35.6 cm³/mol. The monoisotopic (exact) mass is 154 g/mol. The van der Waals surface area contributed by atoms with Crippen molar-refractivity contribution in [3.05, 3.63) is 22.8 Å². The second kappa shape index (κ2) is 2.54. The van der Waals surface area contributed by atoms with Crippen molar-refractivity contribution in [1.29, 1.82) is 5.26 Å². The molecule has 0 bridgehead atoms. The average Bonchev–Trinajstić information content (AvgIpc) is 1.88. The van der Waals surface area contributed by atoms with E-state index in [1.807, 2.05) is 0 Å². The molecular weight excluding hydrogens is 152 g/mol. The summed E-state index contributed by atoms with van der Waals surface area (Å²) in [6.07, 6.45) is 1.33. The third-order valence-electron chi connectivity index (χ3n) is 0.992. The molecule has 1 aromatic rings. The van der Waals surface area contributed by atoms with Crippen molar-refractivity contribution in [2.75, 3.05) is 0 Å². The Labute approximate surface area is 62.5 Å². The molecule has 0 saturated heterocycles. The van der Waals surface area contributed by atoms with E-state index in [4.69, 9.17) is 22.0 Å². The lowest BCUT2D eigenvalue weighted by Gasteiger charge is -1.93. The normalized spacial score (nSPS) is 8.80. The maximum absolute atomic E-state index is 8.87. The van der Waals surface area contributed by atoms with Gasteiger partial charge in [0.2, 0.25) is 5.88 Å². The molecule has 0 saturated carbocycles. The quantitative estimate of drug-likeness (QED) is 0.613. The van der Waals surface area contributed by atoms with Gasteiger partial charge in [-0.1, -0.05) is 11.6 Å². The zero-order chi connectivity index (χ0) is 7.56. The molecule has 0 atom stereocenters. The fourth-order valence-corrected chi connectivity index (χ4v) is 0.715. The van der Waals surface area contributed by atoms with Crippen molar-refractivity contribution in [2.45, 2.75) is 0 Å². The summed E-state index contributed by atoms with van der Waals surface area (Å²) in [7, 11) is 0. The predicted octanol–water partition coefficient (Wildman–Crippen LogP) is 1.31. The minimum atomic E-state index is -0.324. The summed E-state index contributed by atoms with van der Waals surface area (Å²) < 4.78 is 0. The number of halogens is 1. The molecule has 3 nitrogen and oxygen atoms in total. The Morgan fingerprint density at radius 2 is 2.40 bits per heavy atom. The highest BCUT2D eigenvalue weighted by atomic mass is 35.5. The number of aromatic hydroxyl groups is 1. The number of pyridine rings is 1. The minimum Gasteiger partial charge on any atom is -0.492 e. The van der Waals surface area contributed by atoms with E-state index in [9.17, 15) is 0 Å². The number of aromatic nitrogens is 1. The molecule has 50 valence electrons. The van der Waals surface area contributed by atoms with Crippen LogP contribution in [0.15, 0.2) is 12.3 Å². The van der Waals surface area contributed by atoms with Gasteiger partial charge in [0, 0.05) is 6.20 Å². The van der Waals surface area contributed by atoms with Crippen LogP contribution in [0.3, 0.4) is 0 Å². The summed E-state index contributed by atoms with van der Waals surface area (Å²) in [6, 6.07) is 3.16. The molecule has 1 heterocycles. The van der Waals surface area contributed by atoms with Crippen molar-refractivity contribution in [3.8, 4) is 11.9 Å². The van der Waals surface area contributed by atoms with Gasteiger partial charge in [-0.3, -0.25) is 0 Å². The summed E-state index contributed by atoms with van der Waals surface area (Å²) in [6.45, 7) is 0. The van der Waals surface area contributed by atoms with Crippen molar-refractivity contribution in [1.82, 2.24) is 4.98 Å². The van der Waals surface area contributed by atoms with Gasteiger partial charge in [-0.15, -0.1) is 0 Å². The van der Waals surface area contributed by atoms with Crippen LogP contribution in [0.4, 0.5) is 0 Å². The summed E-state index contributed by atoms with van der Waals surface area (Å²) >= 11 is 5.51. The number of rotatable bonds is 0. The summed E-state index contributed by atoms with van der Waals surface area (Å²) in [5.74, 6) is -0.324. The lowest BCUT2D eigenvalue weighted by atomic mass is 10.3. The highest BCUT2D eigenvalue weighted by molar-refractivity contribution is 6.31. The SMILES string of the molecule is N#Cc1c(Cl)ccnc1O. The second-order valence-electron chi connectivity index (χ2n) is 1.60. The highest BCUT2D eigenvalue weighted by Crippen LogP contribution is 2.20. The Morgan fingerprint density at radius 3 is 2.80 bits per heavy atom. The van der Waals surface area contributed by atoms with Gasteiger partial charge in [-0.25, -0.2) is 4.98 Å². The Hall–Kier alpha value is -1.27. The summed E-state index contributed by atoms with van der Waals surface area (Å²) in [5, 5.41) is 17.5. The van der Waals surface area contributed by atoms with Gasteiger partial charge < -0.3 is 5.11 Å². The first-order valence-electron chi connectivity index (χ1n) is 2.49. The lowest BCUT2D eigenvalue weighted by molar-refractivity contribution is 0.451. The second-order valence-corrected chi connectivity index (χ2v) is 2.01. The lowest BCUT2D eigenvalue weighted by Crippen LogP contribution is -1.80. The van der Waals surface area contributed by atoms with Crippen LogP contribution in [0.1, 0.15) is 5.56 Å². The van der Waals surface area contributed by atoms with E-state index in [1.54, 1.807) is 6.07 Å². The van der Waals surface area contributed by atoms with Crippen molar-refractivity contribution in [2.24, 2.45) is 0 Å². The number of hydrogen-bond acceptors (Lipinski definition) is 3. The molecule has 0 radical (unpaired) electrons. The zero-order valence-corrected chi connectivity index (χ0v) is 5.63. The fraction of sp³-hybridized carbons (Fsp3) is 0. The molecule has 1 N–H and O–H groups in total. The number of hydrogen-bond donors (Lipinski definition) is 1. The summed E-state index contributed by atoms with van der Waals surface area (Å²) in [5.41, 5.74) is 0.0177. The van der Waals surface area contributed by atoms with Crippen LogP contribution in [-0.4, -0.2) is 10.1 Å². The molecule has 1 rings (SSSR count). The number of nitriles is 1. The van der Waals surface area contributed by atoms with Gasteiger partial charge in [0.05, 0.1) is 5.02 Å². The molecule has 1 aromatic heterocycles. The van der Waals surface area contributed by atoms with E-state index in [0.717, 1.165) is 0 Å². The standard InChI is InChI=1S/C6H3ClN2O/c7-5-1-2-9-6(10)4(5)3-8/h1-2H,(H,9,10). The molecule has 4 heteroatoms. The van der Waals surface area contributed by atoms with Crippen molar-refractivity contribution in [3.63, 3.8) is 0 Å². The van der Waals surface area contributed by atoms with Gasteiger partial charge in [-0.2, -0.15) is 5.26 Å². The van der Waals surface area contributed by atoms with Crippen LogP contribution in [0.5, 0.6) is 5.88 Å². The topological polar surface area (TPSA) is 56.9 Å². The first-order chi connectivity index (χ1) is 4.75. The van der Waals surface area contributed by atoms with E-state index >= 15 is 0 Å². The van der Waals surface area contributed by atoms with E-state index in [2.05, 4.69) is 4.98 Å². The third kappa shape index (κ3) is 1.02. The minimum absolute atomic E-state index is 0.0177. The molecule has 0 aromatic carbocycles. The molecule has 0 aliphatic rings. The first-order valence-corrected chi connectivity index (χ1v) is 2.87. The molecule has 0 unspecified atom stereocenters. The molecule has 0 fully saturated rings. The van der Waals surface area contributed by atoms with Gasteiger partial charge in [0.25, 0.3) is 0 Å². The molecule has 0 amide bonds. The van der Waals surface area contributed by atoms with Crippen molar-refractivity contribution < 1.29 is 5.11 Å². The summed E-state index contributed by atoms with van der Waals surface area (Å²) in [4.78, 5) is 3.46. The molecule has 0 aliphatic heterocycles. The Morgan fingerprint density at radius 1 is 1.70 bits per heavy atom. The average molecular weight is 155 g/mol. The van der Waals surface area contributed by atoms with Crippen LogP contribution >= 0.6 is 11.6 Å². The molecule has 0 spiro atoms. The first kappa shape index (κ1) is 6.84.